The minimum Gasteiger partial charge on any atom is -0.481 e. The van der Waals surface area contributed by atoms with Crippen LogP contribution in [0.3, 0.4) is 0 Å². The molecular weight excluding hydrogens is 310 g/mol. The van der Waals surface area contributed by atoms with Crippen molar-refractivity contribution in [2.24, 2.45) is 11.3 Å². The van der Waals surface area contributed by atoms with Gasteiger partial charge in [0.2, 0.25) is 0 Å². The lowest BCUT2D eigenvalue weighted by Gasteiger charge is -2.33. The standard InChI is InChI=1S/C15H16F2N2O4/c16-10-1-2-11(17)12(5-10)18-14(22)19-6-9-7-23-4-3-15(9,8-19)13(20)21/h1-2,5,9H,3-4,6-8H2,(H,18,22)(H,20,21)/t9-,15+/m1/s1. The van der Waals surface area contributed by atoms with E-state index in [0.29, 0.717) is 13.0 Å². The van der Waals surface area contributed by atoms with Gasteiger partial charge in [-0.15, -0.1) is 0 Å². The van der Waals surface area contributed by atoms with Crippen LogP contribution in [-0.2, 0) is 9.53 Å². The Balaban J connectivity index is 1.76. The number of carbonyl (C=O) groups is 2. The number of amides is 2. The molecule has 2 aliphatic heterocycles. The zero-order chi connectivity index (χ0) is 16.6. The van der Waals surface area contributed by atoms with E-state index in [2.05, 4.69) is 5.32 Å². The summed E-state index contributed by atoms with van der Waals surface area (Å²) in [5.74, 6) is -2.70. The second kappa shape index (κ2) is 5.77. The maximum absolute atomic E-state index is 13.6. The molecule has 124 valence electrons. The van der Waals surface area contributed by atoms with Crippen LogP contribution < -0.4 is 5.32 Å². The van der Waals surface area contributed by atoms with Gasteiger partial charge >= 0.3 is 12.0 Å². The topological polar surface area (TPSA) is 78.9 Å². The largest absolute Gasteiger partial charge is 0.481 e. The van der Waals surface area contributed by atoms with Crippen molar-refractivity contribution in [3.63, 3.8) is 0 Å². The summed E-state index contributed by atoms with van der Waals surface area (Å²) < 4.78 is 32.1. The predicted octanol–water partition coefficient (Wildman–Crippen LogP) is 1.92. The molecule has 0 unspecified atom stereocenters. The number of nitrogens with zero attached hydrogens (tertiary/aromatic N) is 1. The Morgan fingerprint density at radius 3 is 2.87 bits per heavy atom. The first-order valence-electron chi connectivity index (χ1n) is 7.24. The van der Waals surface area contributed by atoms with Crippen LogP contribution in [0.5, 0.6) is 0 Å². The van der Waals surface area contributed by atoms with E-state index in [9.17, 15) is 23.5 Å². The van der Waals surface area contributed by atoms with E-state index in [1.54, 1.807) is 0 Å². The summed E-state index contributed by atoms with van der Waals surface area (Å²) >= 11 is 0. The fraction of sp³-hybridized carbons (Fsp3) is 0.467. The van der Waals surface area contributed by atoms with Crippen LogP contribution in [-0.4, -0.2) is 48.3 Å². The summed E-state index contributed by atoms with van der Waals surface area (Å²) in [5, 5.41) is 11.8. The van der Waals surface area contributed by atoms with Crippen LogP contribution in [0.4, 0.5) is 19.3 Å². The number of ether oxygens (including phenoxy) is 1. The highest BCUT2D eigenvalue weighted by molar-refractivity contribution is 5.90. The monoisotopic (exact) mass is 326 g/mol. The zero-order valence-corrected chi connectivity index (χ0v) is 12.2. The molecule has 2 fully saturated rings. The van der Waals surface area contributed by atoms with Crippen molar-refractivity contribution in [1.29, 1.82) is 0 Å². The Morgan fingerprint density at radius 2 is 2.17 bits per heavy atom. The van der Waals surface area contributed by atoms with E-state index < -0.39 is 29.0 Å². The molecule has 2 amide bonds. The van der Waals surface area contributed by atoms with Gasteiger partial charge in [-0.25, -0.2) is 13.6 Å². The number of halogens is 2. The van der Waals surface area contributed by atoms with Crippen LogP contribution in [0.2, 0.25) is 0 Å². The molecule has 0 bridgehead atoms. The minimum absolute atomic E-state index is 0.0269. The number of benzene rings is 1. The fourth-order valence-corrected chi connectivity index (χ4v) is 3.24. The number of hydrogen-bond acceptors (Lipinski definition) is 3. The zero-order valence-electron chi connectivity index (χ0n) is 12.2. The number of carbonyl (C=O) groups excluding carboxylic acids is 1. The van der Waals surface area contributed by atoms with Crippen LogP contribution in [0.25, 0.3) is 0 Å². The molecule has 1 aromatic carbocycles. The number of hydrogen-bond donors (Lipinski definition) is 2. The van der Waals surface area contributed by atoms with Crippen molar-refractivity contribution in [2.75, 3.05) is 31.6 Å². The maximum atomic E-state index is 13.6. The summed E-state index contributed by atoms with van der Waals surface area (Å²) in [7, 11) is 0. The van der Waals surface area contributed by atoms with E-state index in [0.717, 1.165) is 18.2 Å². The van der Waals surface area contributed by atoms with Crippen molar-refractivity contribution in [1.82, 2.24) is 4.90 Å². The quantitative estimate of drug-likeness (QED) is 0.870. The maximum Gasteiger partial charge on any atom is 0.321 e. The van der Waals surface area contributed by atoms with Crippen LogP contribution >= 0.6 is 0 Å². The van der Waals surface area contributed by atoms with E-state index >= 15 is 0 Å². The Kier molecular flexibility index (Phi) is 3.93. The first-order valence-corrected chi connectivity index (χ1v) is 7.24. The summed E-state index contributed by atoms with van der Waals surface area (Å²) in [6.07, 6.45) is 0.325. The third-order valence-corrected chi connectivity index (χ3v) is 4.59. The molecule has 23 heavy (non-hydrogen) atoms. The molecular formula is C15H16F2N2O4. The number of urea groups is 1. The van der Waals surface area contributed by atoms with Gasteiger partial charge in [0.25, 0.3) is 0 Å². The second-order valence-corrected chi connectivity index (χ2v) is 5.92. The molecule has 8 heteroatoms. The highest BCUT2D eigenvalue weighted by atomic mass is 19.1. The number of aliphatic carboxylic acids is 1. The Labute approximate surface area is 131 Å². The predicted molar refractivity (Wildman–Crippen MR) is 75.9 cm³/mol. The van der Waals surface area contributed by atoms with E-state index in [1.165, 1.54) is 4.90 Å². The van der Waals surface area contributed by atoms with Gasteiger partial charge in [0.05, 0.1) is 17.7 Å². The lowest BCUT2D eigenvalue weighted by molar-refractivity contribution is -0.157. The molecule has 0 aliphatic carbocycles. The molecule has 3 rings (SSSR count). The molecule has 0 spiro atoms. The Hall–Kier alpha value is -2.22. The van der Waals surface area contributed by atoms with Crippen LogP contribution in [0.15, 0.2) is 18.2 Å². The van der Waals surface area contributed by atoms with Crippen LogP contribution in [0.1, 0.15) is 6.42 Å². The molecule has 0 radical (unpaired) electrons. The third kappa shape index (κ3) is 2.74. The molecule has 0 aromatic heterocycles. The minimum atomic E-state index is -1.03. The Bertz CT molecular complexity index is 654. The second-order valence-electron chi connectivity index (χ2n) is 5.92. The number of carboxylic acids is 1. The van der Waals surface area contributed by atoms with Gasteiger partial charge in [-0.3, -0.25) is 4.79 Å². The molecule has 2 N–H and O–H groups in total. The number of fused-ring (bicyclic) bond motifs is 1. The van der Waals surface area contributed by atoms with Crippen LogP contribution in [0, 0.1) is 23.0 Å². The van der Waals surface area contributed by atoms with Gasteiger partial charge in [-0.05, 0) is 18.6 Å². The third-order valence-electron chi connectivity index (χ3n) is 4.59. The number of anilines is 1. The number of likely N-dealkylation sites (tertiary alicyclic amines) is 1. The van der Waals surface area contributed by atoms with Gasteiger partial charge < -0.3 is 20.1 Å². The number of carboxylic acid groups (broad SMARTS) is 1. The van der Waals surface area contributed by atoms with Gasteiger partial charge in [-0.2, -0.15) is 0 Å². The molecule has 1 aromatic rings. The lowest BCUT2D eigenvalue weighted by Crippen LogP contribution is -2.45. The average Bonchev–Trinajstić information content (AvgIpc) is 2.92. The lowest BCUT2D eigenvalue weighted by atomic mass is 9.74. The van der Waals surface area contributed by atoms with Gasteiger partial charge in [0.15, 0.2) is 0 Å². The summed E-state index contributed by atoms with van der Waals surface area (Å²) in [6, 6.07) is 2.10. The molecule has 2 heterocycles. The van der Waals surface area contributed by atoms with Crippen molar-refractivity contribution in [3.8, 4) is 0 Å². The van der Waals surface area contributed by atoms with Crippen molar-refractivity contribution in [2.45, 2.75) is 6.42 Å². The molecule has 2 saturated heterocycles. The molecule has 0 saturated carbocycles. The average molecular weight is 326 g/mol. The van der Waals surface area contributed by atoms with E-state index in [1.807, 2.05) is 0 Å². The number of nitrogens with one attached hydrogen (secondary N) is 1. The summed E-state index contributed by atoms with van der Waals surface area (Å²) in [4.78, 5) is 25.3. The van der Waals surface area contributed by atoms with Crippen molar-refractivity contribution >= 4 is 17.7 Å². The van der Waals surface area contributed by atoms with E-state index in [-0.39, 0.29) is 31.3 Å². The normalized spacial score (nSPS) is 26.7. The van der Waals surface area contributed by atoms with Crippen molar-refractivity contribution < 1.29 is 28.2 Å². The fourth-order valence-electron chi connectivity index (χ4n) is 3.24. The van der Waals surface area contributed by atoms with Gasteiger partial charge in [-0.1, -0.05) is 0 Å². The molecule has 6 nitrogen and oxygen atoms in total. The smallest absolute Gasteiger partial charge is 0.321 e. The molecule has 2 aliphatic rings. The van der Waals surface area contributed by atoms with Gasteiger partial charge in [0, 0.05) is 31.7 Å². The molecule has 2 atom stereocenters. The van der Waals surface area contributed by atoms with Crippen molar-refractivity contribution in [3.05, 3.63) is 29.8 Å². The highest BCUT2D eigenvalue weighted by Gasteiger charge is 2.55. The first kappa shape index (κ1) is 15.7. The first-order chi connectivity index (χ1) is 10.9. The number of rotatable bonds is 2. The summed E-state index contributed by atoms with van der Waals surface area (Å²) in [5.41, 5.74) is -1.30. The van der Waals surface area contributed by atoms with E-state index in [4.69, 9.17) is 4.74 Å². The highest BCUT2D eigenvalue weighted by Crippen LogP contribution is 2.42. The summed E-state index contributed by atoms with van der Waals surface area (Å²) in [6.45, 7) is 0.829. The van der Waals surface area contributed by atoms with Gasteiger partial charge in [0.1, 0.15) is 11.6 Å². The SMILES string of the molecule is O=C(Nc1cc(F)ccc1F)N1C[C@@H]2COCC[C@]2(C(=O)O)C1. The Morgan fingerprint density at radius 1 is 1.39 bits per heavy atom.